The van der Waals surface area contributed by atoms with E-state index in [4.69, 9.17) is 11.6 Å². The van der Waals surface area contributed by atoms with E-state index >= 15 is 0 Å². The number of sulfonamides is 1. The molecule has 0 saturated heterocycles. The predicted octanol–water partition coefficient (Wildman–Crippen LogP) is 3.48. The predicted molar refractivity (Wildman–Crippen MR) is 106 cm³/mol. The second-order valence-corrected chi connectivity index (χ2v) is 8.57. The first-order valence-electron chi connectivity index (χ1n) is 8.31. The summed E-state index contributed by atoms with van der Waals surface area (Å²) in [7, 11) is -3.39. The Labute approximate surface area is 160 Å². The summed E-state index contributed by atoms with van der Waals surface area (Å²) in [5, 5.41) is 3.32. The minimum absolute atomic E-state index is 0.0772. The van der Waals surface area contributed by atoms with Gasteiger partial charge < -0.3 is 5.32 Å². The molecule has 2 rings (SSSR count). The van der Waals surface area contributed by atoms with E-state index in [1.807, 2.05) is 43.3 Å². The molecule has 26 heavy (non-hydrogen) atoms. The summed E-state index contributed by atoms with van der Waals surface area (Å²) in [6.07, 6.45) is 1.84. The lowest BCUT2D eigenvalue weighted by Crippen LogP contribution is -2.34. The summed E-state index contributed by atoms with van der Waals surface area (Å²) < 4.78 is 25.3. The van der Waals surface area contributed by atoms with Gasteiger partial charge in [-0.3, -0.25) is 4.79 Å². The molecule has 5 nitrogen and oxygen atoms in total. The average Bonchev–Trinajstić information content (AvgIpc) is 2.58. The van der Waals surface area contributed by atoms with Gasteiger partial charge >= 0.3 is 0 Å². The monoisotopic (exact) mass is 394 g/mol. The lowest BCUT2D eigenvalue weighted by molar-refractivity contribution is -0.116. The number of carbonyl (C=O) groups excluding carboxylic acids is 1. The second-order valence-electron chi connectivity index (χ2n) is 6.16. The van der Waals surface area contributed by atoms with E-state index in [9.17, 15) is 13.2 Å². The summed E-state index contributed by atoms with van der Waals surface area (Å²) in [6, 6.07) is 14.9. The summed E-state index contributed by atoms with van der Waals surface area (Å²) in [5.74, 6) is -0.247. The Morgan fingerprint density at radius 1 is 1.12 bits per heavy atom. The molecule has 0 aromatic heterocycles. The molecule has 7 heteroatoms. The van der Waals surface area contributed by atoms with Gasteiger partial charge in [-0.05, 0) is 36.6 Å². The van der Waals surface area contributed by atoms with Crippen LogP contribution in [-0.4, -0.2) is 38.0 Å². The summed E-state index contributed by atoms with van der Waals surface area (Å²) in [6.45, 7) is 2.35. The second kappa shape index (κ2) is 9.16. The van der Waals surface area contributed by atoms with Gasteiger partial charge in [0.1, 0.15) is 0 Å². The molecule has 0 aliphatic rings. The Morgan fingerprint density at radius 2 is 1.81 bits per heavy atom. The number of nitrogens with one attached hydrogen (secondary N) is 1. The molecule has 1 amide bonds. The van der Waals surface area contributed by atoms with Crippen LogP contribution in [0.25, 0.3) is 0 Å². The highest BCUT2D eigenvalue weighted by Gasteiger charge is 2.18. The van der Waals surface area contributed by atoms with E-state index in [0.717, 1.165) is 17.4 Å². The van der Waals surface area contributed by atoms with Crippen LogP contribution in [0.2, 0.25) is 5.02 Å². The van der Waals surface area contributed by atoms with Crippen molar-refractivity contribution < 1.29 is 13.2 Å². The summed E-state index contributed by atoms with van der Waals surface area (Å²) in [4.78, 5) is 12.2. The van der Waals surface area contributed by atoms with Crippen LogP contribution in [0.1, 0.15) is 17.5 Å². The molecule has 0 radical (unpaired) electrons. The largest absolute Gasteiger partial charge is 0.326 e. The van der Waals surface area contributed by atoms with Crippen molar-refractivity contribution in [1.29, 1.82) is 0 Å². The molecule has 0 aliphatic carbocycles. The Kier molecular flexibility index (Phi) is 7.20. The molecule has 2 aromatic rings. The number of aryl methyl sites for hydroxylation is 1. The number of anilines is 1. The number of nitrogens with zero attached hydrogens (tertiary/aromatic N) is 1. The molecule has 0 saturated carbocycles. The average molecular weight is 395 g/mol. The molecule has 140 valence electrons. The van der Waals surface area contributed by atoms with Gasteiger partial charge in [-0.2, -0.15) is 0 Å². The highest BCUT2D eigenvalue weighted by molar-refractivity contribution is 7.88. The molecule has 0 spiro atoms. The van der Waals surface area contributed by atoms with E-state index in [1.54, 1.807) is 12.1 Å². The maximum absolute atomic E-state index is 12.2. The first kappa shape index (κ1) is 20.4. The van der Waals surface area contributed by atoms with Crippen LogP contribution in [-0.2, 0) is 21.2 Å². The number of benzene rings is 2. The number of carbonyl (C=O) groups is 1. The molecule has 1 N–H and O–H groups in total. The zero-order valence-corrected chi connectivity index (χ0v) is 16.5. The highest BCUT2D eigenvalue weighted by atomic mass is 35.5. The number of halogens is 1. The van der Waals surface area contributed by atoms with Gasteiger partial charge in [0, 0.05) is 30.2 Å². The number of hydrogen-bond donors (Lipinski definition) is 1. The lowest BCUT2D eigenvalue weighted by atomic mass is 10.1. The number of rotatable bonds is 8. The molecular weight excluding hydrogens is 372 g/mol. The van der Waals surface area contributed by atoms with Crippen LogP contribution in [0.5, 0.6) is 0 Å². The van der Waals surface area contributed by atoms with E-state index in [0.29, 0.717) is 23.7 Å². The molecule has 2 aromatic carbocycles. The Morgan fingerprint density at radius 3 is 2.46 bits per heavy atom. The first-order chi connectivity index (χ1) is 12.3. The van der Waals surface area contributed by atoms with Crippen molar-refractivity contribution in [2.45, 2.75) is 19.8 Å². The SMILES string of the molecule is Cc1ccc(Cl)cc1NC(=O)CCN(CCc1ccccc1)S(C)(=O)=O. The topological polar surface area (TPSA) is 66.5 Å². The standard InChI is InChI=1S/C19H23ClN2O3S/c1-15-8-9-17(20)14-18(15)21-19(23)11-13-22(26(2,24)25)12-10-16-6-4-3-5-7-16/h3-9,14H,10-13H2,1-2H3,(H,21,23). The van der Waals surface area contributed by atoms with Crippen LogP contribution in [0.4, 0.5) is 5.69 Å². The van der Waals surface area contributed by atoms with Gasteiger partial charge in [-0.15, -0.1) is 0 Å². The van der Waals surface area contributed by atoms with Gasteiger partial charge in [0.05, 0.1) is 6.26 Å². The van der Waals surface area contributed by atoms with Crippen molar-refractivity contribution >= 4 is 33.2 Å². The smallest absolute Gasteiger partial charge is 0.225 e. The van der Waals surface area contributed by atoms with E-state index in [2.05, 4.69) is 5.32 Å². The highest BCUT2D eigenvalue weighted by Crippen LogP contribution is 2.20. The first-order valence-corrected chi connectivity index (χ1v) is 10.5. The third kappa shape index (κ3) is 6.44. The van der Waals surface area contributed by atoms with Crippen molar-refractivity contribution in [1.82, 2.24) is 4.31 Å². The quantitative estimate of drug-likeness (QED) is 0.745. The van der Waals surface area contributed by atoms with Gasteiger partial charge in [0.25, 0.3) is 0 Å². The Hall–Kier alpha value is -1.89. The Bertz CT molecular complexity index is 854. The maximum Gasteiger partial charge on any atom is 0.225 e. The van der Waals surface area contributed by atoms with Crippen LogP contribution < -0.4 is 5.32 Å². The summed E-state index contributed by atoms with van der Waals surface area (Å²) >= 11 is 5.95. The maximum atomic E-state index is 12.2. The third-order valence-electron chi connectivity index (χ3n) is 4.02. The minimum Gasteiger partial charge on any atom is -0.326 e. The molecule has 0 unspecified atom stereocenters. The van der Waals surface area contributed by atoms with Gasteiger partial charge in [-0.25, -0.2) is 12.7 Å². The normalized spacial score (nSPS) is 11.5. The molecule has 0 bridgehead atoms. The van der Waals surface area contributed by atoms with E-state index < -0.39 is 10.0 Å². The van der Waals surface area contributed by atoms with E-state index in [-0.39, 0.29) is 18.9 Å². The van der Waals surface area contributed by atoms with E-state index in [1.165, 1.54) is 4.31 Å². The van der Waals surface area contributed by atoms with Crippen molar-refractivity contribution in [3.8, 4) is 0 Å². The van der Waals surface area contributed by atoms with Crippen molar-refractivity contribution in [2.24, 2.45) is 0 Å². The van der Waals surface area contributed by atoms with Crippen LogP contribution in [0.3, 0.4) is 0 Å². The molecule has 0 aliphatic heterocycles. The molecular formula is C19H23ClN2O3S. The zero-order valence-electron chi connectivity index (χ0n) is 14.9. The number of amides is 1. The van der Waals surface area contributed by atoms with Crippen LogP contribution in [0, 0.1) is 6.92 Å². The van der Waals surface area contributed by atoms with Crippen LogP contribution >= 0.6 is 11.6 Å². The Balaban J connectivity index is 1.94. The molecule has 0 atom stereocenters. The van der Waals surface area contributed by atoms with Crippen LogP contribution in [0.15, 0.2) is 48.5 Å². The summed E-state index contributed by atoms with van der Waals surface area (Å²) in [5.41, 5.74) is 2.59. The third-order valence-corrected chi connectivity index (χ3v) is 5.56. The van der Waals surface area contributed by atoms with Gasteiger partial charge in [0.2, 0.25) is 15.9 Å². The van der Waals surface area contributed by atoms with Crippen molar-refractivity contribution in [3.05, 3.63) is 64.7 Å². The lowest BCUT2D eigenvalue weighted by Gasteiger charge is -2.20. The fourth-order valence-corrected chi connectivity index (χ4v) is 3.53. The fourth-order valence-electron chi connectivity index (χ4n) is 2.51. The molecule has 0 fully saturated rings. The van der Waals surface area contributed by atoms with Crippen molar-refractivity contribution in [2.75, 3.05) is 24.7 Å². The van der Waals surface area contributed by atoms with Crippen molar-refractivity contribution in [3.63, 3.8) is 0 Å². The minimum atomic E-state index is -3.39. The fraction of sp³-hybridized carbons (Fsp3) is 0.316. The van der Waals surface area contributed by atoms with Gasteiger partial charge in [0.15, 0.2) is 0 Å². The number of hydrogen-bond acceptors (Lipinski definition) is 3. The van der Waals surface area contributed by atoms with Gasteiger partial charge in [-0.1, -0.05) is 48.0 Å². The zero-order chi connectivity index (χ0) is 19.2. The molecule has 0 heterocycles.